The second-order valence-electron chi connectivity index (χ2n) is 3.99. The van der Waals surface area contributed by atoms with Crippen LogP contribution < -0.4 is 0 Å². The molecule has 0 bridgehead atoms. The number of rotatable bonds is 4. The molecule has 0 aromatic carbocycles. The van der Waals surface area contributed by atoms with E-state index in [1.165, 1.54) is 25.4 Å². The molecule has 2 heterocycles. The van der Waals surface area contributed by atoms with Gasteiger partial charge in [0.25, 0.3) is 0 Å². The monoisotopic (exact) mass is 298 g/mol. The minimum absolute atomic E-state index is 0.182. The van der Waals surface area contributed by atoms with Crippen LogP contribution in [0.5, 0.6) is 0 Å². The van der Waals surface area contributed by atoms with Crippen LogP contribution in [0.1, 0.15) is 18.9 Å². The number of halogens is 1. The Kier molecular flexibility index (Phi) is 4.00. The van der Waals surface area contributed by atoms with E-state index in [0.29, 0.717) is 0 Å². The first kappa shape index (κ1) is 14.4. The van der Waals surface area contributed by atoms with Crippen LogP contribution in [0.3, 0.4) is 0 Å². The van der Waals surface area contributed by atoms with Gasteiger partial charge < -0.3 is 5.11 Å². The van der Waals surface area contributed by atoms with Crippen LogP contribution in [0.2, 0.25) is 0 Å². The molecule has 0 aliphatic rings. The Labute approximate surface area is 114 Å². The minimum atomic E-state index is -3.94. The van der Waals surface area contributed by atoms with E-state index >= 15 is 0 Å². The van der Waals surface area contributed by atoms with E-state index < -0.39 is 32.2 Å². The summed E-state index contributed by atoms with van der Waals surface area (Å²) in [6.45, 7) is 1.28. The van der Waals surface area contributed by atoms with Crippen molar-refractivity contribution in [1.29, 1.82) is 0 Å². The second-order valence-corrected chi connectivity index (χ2v) is 6.18. The third-order valence-corrected chi connectivity index (χ3v) is 4.59. The van der Waals surface area contributed by atoms with Crippen molar-refractivity contribution in [1.82, 2.24) is 19.9 Å². The van der Waals surface area contributed by atoms with Crippen molar-refractivity contribution in [2.45, 2.75) is 23.4 Å². The Morgan fingerprint density at radius 1 is 1.15 bits per heavy atom. The highest BCUT2D eigenvalue weighted by atomic mass is 32.2. The smallest absolute Gasteiger partial charge is 0.247 e. The molecule has 0 aliphatic carbocycles. The highest BCUT2D eigenvalue weighted by molar-refractivity contribution is 7.91. The molecule has 20 heavy (non-hydrogen) atoms. The van der Waals surface area contributed by atoms with Crippen molar-refractivity contribution in [2.75, 3.05) is 0 Å². The number of nitrogens with zero attached hydrogens (tertiary/aromatic N) is 4. The van der Waals surface area contributed by atoms with Gasteiger partial charge in [0.1, 0.15) is 6.10 Å². The van der Waals surface area contributed by atoms with Gasteiger partial charge in [-0.15, -0.1) is 0 Å². The summed E-state index contributed by atoms with van der Waals surface area (Å²) in [6, 6.07) is 1.48. The molecule has 2 atom stereocenters. The van der Waals surface area contributed by atoms with Gasteiger partial charge in [0.2, 0.25) is 15.0 Å². The van der Waals surface area contributed by atoms with Gasteiger partial charge in [-0.3, -0.25) is 0 Å². The van der Waals surface area contributed by atoms with Crippen LogP contribution in [0.15, 0.2) is 36.0 Å². The fraction of sp³-hybridized carbons (Fsp3) is 0.273. The van der Waals surface area contributed by atoms with Crippen LogP contribution in [0, 0.1) is 5.82 Å². The summed E-state index contributed by atoms with van der Waals surface area (Å²) < 4.78 is 37.1. The Morgan fingerprint density at radius 2 is 1.70 bits per heavy atom. The van der Waals surface area contributed by atoms with E-state index in [4.69, 9.17) is 0 Å². The first-order chi connectivity index (χ1) is 9.43. The van der Waals surface area contributed by atoms with E-state index in [9.17, 15) is 17.9 Å². The van der Waals surface area contributed by atoms with Crippen molar-refractivity contribution in [3.05, 3.63) is 42.5 Å². The standard InChI is InChI=1S/C11H11FN4O3S/c1-7(9(17)10-15-5-8(12)6-16-10)20(18,19)11-13-3-2-4-14-11/h2-7,9,17H,1H3/t7-,9+/m1/s1. The van der Waals surface area contributed by atoms with Crippen LogP contribution in [0.4, 0.5) is 4.39 Å². The Bertz CT molecular complexity index is 679. The number of hydrogen-bond donors (Lipinski definition) is 1. The molecule has 7 nitrogen and oxygen atoms in total. The maximum Gasteiger partial charge on any atom is 0.247 e. The molecule has 0 unspecified atom stereocenters. The SMILES string of the molecule is C[C@H]([C@H](O)c1ncc(F)cn1)S(=O)(=O)c1ncccn1. The first-order valence-corrected chi connectivity index (χ1v) is 7.14. The molecule has 0 saturated carbocycles. The molecule has 2 aromatic rings. The summed E-state index contributed by atoms with van der Waals surface area (Å²) in [5.41, 5.74) is 0. The molecular formula is C11H11FN4O3S. The molecular weight excluding hydrogens is 287 g/mol. The van der Waals surface area contributed by atoms with Crippen molar-refractivity contribution in [3.63, 3.8) is 0 Å². The van der Waals surface area contributed by atoms with Crippen molar-refractivity contribution in [3.8, 4) is 0 Å². The molecule has 9 heteroatoms. The third-order valence-electron chi connectivity index (χ3n) is 2.64. The lowest BCUT2D eigenvalue weighted by Gasteiger charge is -2.16. The molecule has 0 fully saturated rings. The lowest BCUT2D eigenvalue weighted by molar-refractivity contribution is 0.165. The van der Waals surface area contributed by atoms with Gasteiger partial charge in [-0.2, -0.15) is 0 Å². The fourth-order valence-corrected chi connectivity index (χ4v) is 2.66. The third kappa shape index (κ3) is 2.78. The predicted octanol–water partition coefficient (Wildman–Crippen LogP) is 0.302. The van der Waals surface area contributed by atoms with Crippen molar-refractivity contribution >= 4 is 9.84 Å². The molecule has 2 aromatic heterocycles. The second kappa shape index (κ2) is 5.55. The van der Waals surface area contributed by atoms with E-state index in [2.05, 4.69) is 19.9 Å². The molecule has 0 saturated heterocycles. The van der Waals surface area contributed by atoms with Gasteiger partial charge in [0.15, 0.2) is 11.6 Å². The maximum absolute atomic E-state index is 12.7. The van der Waals surface area contributed by atoms with Crippen LogP contribution in [-0.4, -0.2) is 38.7 Å². The Morgan fingerprint density at radius 3 is 2.25 bits per heavy atom. The normalized spacial score (nSPS) is 14.8. The zero-order chi connectivity index (χ0) is 14.8. The van der Waals surface area contributed by atoms with Gasteiger partial charge in [-0.05, 0) is 13.0 Å². The van der Waals surface area contributed by atoms with E-state index in [-0.39, 0.29) is 5.82 Å². The first-order valence-electron chi connectivity index (χ1n) is 5.59. The molecule has 0 aliphatic heterocycles. The predicted molar refractivity (Wildman–Crippen MR) is 65.6 cm³/mol. The van der Waals surface area contributed by atoms with E-state index in [1.807, 2.05) is 0 Å². The summed E-state index contributed by atoms with van der Waals surface area (Å²) in [7, 11) is -3.94. The Balaban J connectivity index is 2.31. The maximum atomic E-state index is 12.7. The van der Waals surface area contributed by atoms with Crippen molar-refractivity contribution in [2.24, 2.45) is 0 Å². The van der Waals surface area contributed by atoms with E-state index in [0.717, 1.165) is 12.4 Å². The summed E-state index contributed by atoms with van der Waals surface area (Å²) in [6.07, 6.45) is 2.76. The molecule has 1 N–H and O–H groups in total. The summed E-state index contributed by atoms with van der Waals surface area (Å²) in [5, 5.41) is 8.33. The topological polar surface area (TPSA) is 106 Å². The van der Waals surface area contributed by atoms with Gasteiger partial charge >= 0.3 is 0 Å². The zero-order valence-electron chi connectivity index (χ0n) is 10.4. The quantitative estimate of drug-likeness (QED) is 0.809. The minimum Gasteiger partial charge on any atom is -0.384 e. The molecule has 2 rings (SSSR count). The molecule has 0 amide bonds. The van der Waals surface area contributed by atoms with Crippen molar-refractivity contribution < 1.29 is 17.9 Å². The Hall–Kier alpha value is -2.00. The number of aliphatic hydroxyl groups excluding tert-OH is 1. The van der Waals surface area contributed by atoms with Gasteiger partial charge in [0.05, 0.1) is 17.6 Å². The van der Waals surface area contributed by atoms with Crippen LogP contribution in [0.25, 0.3) is 0 Å². The lowest BCUT2D eigenvalue weighted by atomic mass is 10.2. The highest BCUT2D eigenvalue weighted by Crippen LogP contribution is 2.22. The number of sulfone groups is 1. The van der Waals surface area contributed by atoms with Gasteiger partial charge in [-0.25, -0.2) is 32.7 Å². The van der Waals surface area contributed by atoms with Crippen LogP contribution in [-0.2, 0) is 9.84 Å². The summed E-state index contributed by atoms with van der Waals surface area (Å²) >= 11 is 0. The number of hydrogen-bond acceptors (Lipinski definition) is 7. The van der Waals surface area contributed by atoms with Gasteiger partial charge in [-0.1, -0.05) is 0 Å². The fourth-order valence-electron chi connectivity index (χ4n) is 1.45. The number of aromatic nitrogens is 4. The lowest BCUT2D eigenvalue weighted by Crippen LogP contribution is -2.28. The zero-order valence-corrected chi connectivity index (χ0v) is 11.2. The molecule has 106 valence electrons. The molecule has 0 spiro atoms. The largest absolute Gasteiger partial charge is 0.384 e. The average Bonchev–Trinajstić information content (AvgIpc) is 2.47. The van der Waals surface area contributed by atoms with E-state index in [1.54, 1.807) is 0 Å². The van der Waals surface area contributed by atoms with Crippen LogP contribution >= 0.6 is 0 Å². The average molecular weight is 298 g/mol. The van der Waals surface area contributed by atoms with Gasteiger partial charge in [0, 0.05) is 12.4 Å². The summed E-state index contributed by atoms with van der Waals surface area (Å²) in [5.74, 6) is -0.860. The number of aliphatic hydroxyl groups is 1. The summed E-state index contributed by atoms with van der Waals surface area (Å²) in [4.78, 5) is 14.4. The highest BCUT2D eigenvalue weighted by Gasteiger charge is 2.34. The molecule has 0 radical (unpaired) electrons.